The third kappa shape index (κ3) is 3.73. The van der Waals surface area contributed by atoms with Crippen molar-refractivity contribution in [1.82, 2.24) is 15.0 Å². The first-order valence-electron chi connectivity index (χ1n) is 8.58. The summed E-state index contributed by atoms with van der Waals surface area (Å²) in [6, 6.07) is 11.5. The number of methoxy groups -OCH3 is 1. The molecule has 0 aliphatic carbocycles. The fraction of sp³-hybridized carbons (Fsp3) is 0.0476. The van der Waals surface area contributed by atoms with E-state index < -0.39 is 17.6 Å². The zero-order valence-corrected chi connectivity index (χ0v) is 15.2. The smallest absolute Gasteiger partial charge is 0.356 e. The monoisotopic (exact) mass is 392 g/mol. The van der Waals surface area contributed by atoms with E-state index >= 15 is 0 Å². The molecule has 0 spiro atoms. The Morgan fingerprint density at radius 2 is 1.90 bits per heavy atom. The molecule has 0 aliphatic rings. The number of nitrogens with one attached hydrogen (secondary N) is 1. The van der Waals surface area contributed by atoms with Gasteiger partial charge in [-0.3, -0.25) is 0 Å². The van der Waals surface area contributed by atoms with Gasteiger partial charge < -0.3 is 10.1 Å². The van der Waals surface area contributed by atoms with Gasteiger partial charge in [-0.05, 0) is 48.5 Å². The maximum absolute atomic E-state index is 14.3. The van der Waals surface area contributed by atoms with E-state index in [-0.39, 0.29) is 17.0 Å². The predicted molar refractivity (Wildman–Crippen MR) is 104 cm³/mol. The van der Waals surface area contributed by atoms with Crippen LogP contribution >= 0.6 is 0 Å². The van der Waals surface area contributed by atoms with E-state index in [4.69, 9.17) is 0 Å². The normalized spacial score (nSPS) is 10.7. The molecule has 144 valence electrons. The molecule has 8 heteroatoms. The van der Waals surface area contributed by atoms with Crippen LogP contribution in [0, 0.1) is 11.6 Å². The Morgan fingerprint density at radius 1 is 1.03 bits per heavy atom. The molecular formula is C21H14F2N4O2. The van der Waals surface area contributed by atoms with Crippen LogP contribution < -0.4 is 5.32 Å². The highest BCUT2D eigenvalue weighted by Gasteiger charge is 2.14. The quantitative estimate of drug-likeness (QED) is 0.516. The summed E-state index contributed by atoms with van der Waals surface area (Å²) < 4.78 is 32.6. The van der Waals surface area contributed by atoms with E-state index in [0.717, 1.165) is 18.2 Å². The van der Waals surface area contributed by atoms with E-state index in [1.165, 1.54) is 19.4 Å². The number of fused-ring (bicyclic) bond motifs is 1. The van der Waals surface area contributed by atoms with Crippen LogP contribution in [0.4, 0.5) is 20.2 Å². The summed E-state index contributed by atoms with van der Waals surface area (Å²) in [5.74, 6) is -1.75. The van der Waals surface area contributed by atoms with Crippen molar-refractivity contribution >= 4 is 28.4 Å². The Hall–Kier alpha value is -3.94. The predicted octanol–water partition coefficient (Wildman–Crippen LogP) is 4.50. The summed E-state index contributed by atoms with van der Waals surface area (Å²) in [6.07, 6.45) is 3.02. The maximum atomic E-state index is 14.3. The molecule has 3 heterocycles. The minimum atomic E-state index is -0.600. The molecular weight excluding hydrogens is 378 g/mol. The second kappa shape index (κ2) is 7.59. The van der Waals surface area contributed by atoms with Gasteiger partial charge in [0.2, 0.25) is 0 Å². The van der Waals surface area contributed by atoms with E-state index in [2.05, 4.69) is 25.0 Å². The van der Waals surface area contributed by atoms with E-state index in [0.29, 0.717) is 22.4 Å². The van der Waals surface area contributed by atoms with Gasteiger partial charge in [-0.2, -0.15) is 0 Å². The molecule has 0 amide bonds. The molecule has 0 radical (unpaired) electrons. The van der Waals surface area contributed by atoms with E-state index in [9.17, 15) is 13.6 Å². The molecule has 0 aliphatic heterocycles. The van der Waals surface area contributed by atoms with Gasteiger partial charge in [0.25, 0.3) is 0 Å². The number of carbonyl (C=O) groups is 1. The highest BCUT2D eigenvalue weighted by molar-refractivity contribution is 5.94. The summed E-state index contributed by atoms with van der Waals surface area (Å²) in [7, 11) is 1.27. The summed E-state index contributed by atoms with van der Waals surface area (Å²) in [5.41, 5.74) is 1.85. The fourth-order valence-corrected chi connectivity index (χ4v) is 2.87. The minimum Gasteiger partial charge on any atom is -0.464 e. The SMILES string of the molecule is COC(=O)c1cc(Nc2cc(-c3cc(F)ccc3F)nc3ncccc23)ccn1. The Balaban J connectivity index is 1.84. The van der Waals surface area contributed by atoms with E-state index in [1.54, 1.807) is 30.5 Å². The standard InChI is InChI=1S/C21H14F2N4O2/c1-29-21(28)19-10-13(6-8-24-19)26-17-11-18(15-9-12(22)4-5-16(15)23)27-20-14(17)3-2-7-25-20/h2-11H,1H3,(H,24,25,26,27). The number of esters is 1. The average Bonchev–Trinajstić information content (AvgIpc) is 2.75. The van der Waals surface area contributed by atoms with Crippen molar-refractivity contribution in [2.75, 3.05) is 12.4 Å². The number of benzene rings is 1. The minimum absolute atomic E-state index is 0.0191. The molecule has 0 atom stereocenters. The molecule has 3 aromatic heterocycles. The second-order valence-corrected chi connectivity index (χ2v) is 6.10. The van der Waals surface area contributed by atoms with Gasteiger partial charge in [-0.25, -0.2) is 28.5 Å². The summed E-state index contributed by atoms with van der Waals surface area (Å²) in [4.78, 5) is 24.3. The van der Waals surface area contributed by atoms with Crippen molar-refractivity contribution in [3.8, 4) is 11.3 Å². The molecule has 0 saturated carbocycles. The number of pyridine rings is 3. The highest BCUT2D eigenvalue weighted by atomic mass is 19.1. The van der Waals surface area contributed by atoms with Crippen LogP contribution in [0.15, 0.2) is 60.9 Å². The lowest BCUT2D eigenvalue weighted by atomic mass is 10.1. The molecule has 4 rings (SSSR count). The third-order valence-corrected chi connectivity index (χ3v) is 4.22. The Bertz CT molecular complexity index is 1230. The van der Waals surface area contributed by atoms with Crippen molar-refractivity contribution in [2.24, 2.45) is 0 Å². The van der Waals surface area contributed by atoms with Crippen molar-refractivity contribution in [3.05, 3.63) is 78.3 Å². The first-order chi connectivity index (χ1) is 14.0. The van der Waals surface area contributed by atoms with Gasteiger partial charge in [0.1, 0.15) is 17.3 Å². The first kappa shape index (κ1) is 18.4. The first-order valence-corrected chi connectivity index (χ1v) is 8.58. The molecule has 29 heavy (non-hydrogen) atoms. The number of carbonyl (C=O) groups excluding carboxylic acids is 1. The van der Waals surface area contributed by atoms with Crippen molar-refractivity contribution in [1.29, 1.82) is 0 Å². The maximum Gasteiger partial charge on any atom is 0.356 e. The molecule has 0 bridgehead atoms. The number of ether oxygens (including phenoxy) is 1. The topological polar surface area (TPSA) is 77.0 Å². The lowest BCUT2D eigenvalue weighted by Crippen LogP contribution is -2.05. The number of aromatic nitrogens is 3. The Kier molecular flexibility index (Phi) is 4.82. The number of hydrogen-bond acceptors (Lipinski definition) is 6. The number of anilines is 2. The van der Waals surface area contributed by atoms with E-state index in [1.807, 2.05) is 0 Å². The second-order valence-electron chi connectivity index (χ2n) is 6.10. The van der Waals surface area contributed by atoms with Gasteiger partial charge >= 0.3 is 5.97 Å². The van der Waals surface area contributed by atoms with Crippen molar-refractivity contribution < 1.29 is 18.3 Å². The van der Waals surface area contributed by atoms with Crippen LogP contribution in [0.2, 0.25) is 0 Å². The molecule has 6 nitrogen and oxygen atoms in total. The van der Waals surface area contributed by atoms with Crippen molar-refractivity contribution in [3.63, 3.8) is 0 Å². The lowest BCUT2D eigenvalue weighted by molar-refractivity contribution is 0.0594. The number of rotatable bonds is 4. The summed E-state index contributed by atoms with van der Waals surface area (Å²) >= 11 is 0. The van der Waals surface area contributed by atoms with Crippen LogP contribution in [0.25, 0.3) is 22.3 Å². The number of hydrogen-bond donors (Lipinski definition) is 1. The zero-order chi connectivity index (χ0) is 20.4. The lowest BCUT2D eigenvalue weighted by Gasteiger charge is -2.12. The molecule has 1 aromatic carbocycles. The highest BCUT2D eigenvalue weighted by Crippen LogP contribution is 2.31. The van der Waals surface area contributed by atoms with Crippen LogP contribution in [-0.4, -0.2) is 28.0 Å². The van der Waals surface area contributed by atoms with Gasteiger partial charge in [0, 0.05) is 29.0 Å². The molecule has 4 aromatic rings. The van der Waals surface area contributed by atoms with Gasteiger partial charge in [0.15, 0.2) is 5.65 Å². The van der Waals surface area contributed by atoms with Gasteiger partial charge in [-0.15, -0.1) is 0 Å². The van der Waals surface area contributed by atoms with Gasteiger partial charge in [-0.1, -0.05) is 0 Å². The van der Waals surface area contributed by atoms with Crippen LogP contribution in [-0.2, 0) is 4.74 Å². The zero-order valence-electron chi connectivity index (χ0n) is 15.2. The molecule has 0 unspecified atom stereocenters. The van der Waals surface area contributed by atoms with Crippen LogP contribution in [0.1, 0.15) is 10.5 Å². The van der Waals surface area contributed by atoms with Crippen molar-refractivity contribution in [2.45, 2.75) is 0 Å². The van der Waals surface area contributed by atoms with Gasteiger partial charge in [0.05, 0.1) is 18.5 Å². The fourth-order valence-electron chi connectivity index (χ4n) is 2.87. The molecule has 0 saturated heterocycles. The Labute approximate surface area is 164 Å². The Morgan fingerprint density at radius 3 is 2.72 bits per heavy atom. The van der Waals surface area contributed by atoms with Crippen LogP contribution in [0.5, 0.6) is 0 Å². The van der Waals surface area contributed by atoms with Crippen LogP contribution in [0.3, 0.4) is 0 Å². The number of halogens is 2. The molecule has 0 fully saturated rings. The summed E-state index contributed by atoms with van der Waals surface area (Å²) in [6.45, 7) is 0. The third-order valence-electron chi connectivity index (χ3n) is 4.22. The largest absolute Gasteiger partial charge is 0.464 e. The summed E-state index contributed by atoms with van der Waals surface area (Å²) in [5, 5.41) is 3.84. The average molecular weight is 392 g/mol. The molecule has 1 N–H and O–H groups in total. The number of nitrogens with zero attached hydrogens (tertiary/aromatic N) is 3.